The van der Waals surface area contributed by atoms with Crippen LogP contribution in [0.4, 0.5) is 0 Å². The molecule has 1 aliphatic rings. The van der Waals surface area contributed by atoms with E-state index in [0.29, 0.717) is 12.8 Å². The molecule has 1 aromatic carbocycles. The van der Waals surface area contributed by atoms with Crippen molar-refractivity contribution in [3.63, 3.8) is 0 Å². The molecule has 2 rings (SSSR count). The maximum atomic E-state index is 14.3. The minimum Gasteiger partial charge on any atom is -0.450 e. The molecule has 1 aliphatic heterocycles. The van der Waals surface area contributed by atoms with Gasteiger partial charge in [-0.1, -0.05) is 99.6 Å². The molecular formula is C39H61N3O9. The number of cyclic esters (lactones) is 3. The molecular weight excluding hydrogens is 654 g/mol. The number of rotatable bonds is 9. The molecule has 0 N–H and O–H groups in total. The van der Waals surface area contributed by atoms with E-state index in [9.17, 15) is 28.8 Å². The molecule has 286 valence electrons. The van der Waals surface area contributed by atoms with Crippen LogP contribution in [0.15, 0.2) is 30.3 Å². The van der Waals surface area contributed by atoms with Crippen molar-refractivity contribution in [2.75, 3.05) is 21.1 Å². The number of amides is 3. The highest BCUT2D eigenvalue weighted by molar-refractivity contribution is 5.94. The quantitative estimate of drug-likeness (QED) is 0.267. The van der Waals surface area contributed by atoms with Gasteiger partial charge >= 0.3 is 17.9 Å². The van der Waals surface area contributed by atoms with Crippen molar-refractivity contribution in [3.8, 4) is 0 Å². The lowest BCUT2D eigenvalue weighted by atomic mass is 9.96. The van der Waals surface area contributed by atoms with Crippen LogP contribution in [-0.2, 0) is 49.4 Å². The summed E-state index contributed by atoms with van der Waals surface area (Å²) in [5, 5.41) is 0. The number of hydrogen-bond acceptors (Lipinski definition) is 9. The fourth-order valence-corrected chi connectivity index (χ4v) is 6.31. The van der Waals surface area contributed by atoms with Gasteiger partial charge < -0.3 is 28.9 Å². The Morgan fingerprint density at radius 2 is 0.902 bits per heavy atom. The van der Waals surface area contributed by atoms with Gasteiger partial charge in [-0.2, -0.15) is 0 Å². The van der Waals surface area contributed by atoms with Gasteiger partial charge in [0.1, 0.15) is 18.1 Å². The van der Waals surface area contributed by atoms with Gasteiger partial charge in [0, 0.05) is 39.4 Å². The second-order valence-electron chi connectivity index (χ2n) is 15.0. The summed E-state index contributed by atoms with van der Waals surface area (Å²) in [5.41, 5.74) is 0.737. The van der Waals surface area contributed by atoms with Gasteiger partial charge in [-0.25, -0.2) is 14.4 Å². The van der Waals surface area contributed by atoms with Gasteiger partial charge in [-0.3, -0.25) is 14.4 Å². The number of hydrogen-bond donors (Lipinski definition) is 0. The summed E-state index contributed by atoms with van der Waals surface area (Å²) in [5.74, 6) is -6.58. The molecule has 0 bridgehead atoms. The molecule has 0 aromatic heterocycles. The standard InChI is InChI=1S/C39H61N3O9/c1-14-25(9)32-35(44)42(13)30(23(5)6)39(48)51-33(26(10)15-2)36(45)41(12)29(22(3)4)38(47)49-31(24(7)8)34(43)40(11)28(37(46)50-32)21-27-19-17-16-18-20-27/h16-20,22-26,28-33H,14-15,21H2,1-13H3/t25-,26-,28-,29-,30-,31+,32+,33+/m0/s1. The highest BCUT2D eigenvalue weighted by atomic mass is 16.6. The SMILES string of the molecule is CC[C@H](C)[C@H]1OC(=O)[C@H](C(C)C)N(C)C(=O)[C@@H]([C@@H](C)CC)OC(=O)[C@H](Cc2ccccc2)N(C)C(=O)[C@@H](C(C)C)OC(=O)[C@H](C(C)C)N(C)C1=O. The molecule has 12 heteroatoms. The molecule has 0 spiro atoms. The summed E-state index contributed by atoms with van der Waals surface area (Å²) in [4.78, 5) is 88.5. The summed E-state index contributed by atoms with van der Waals surface area (Å²) in [7, 11) is 4.35. The third-order valence-corrected chi connectivity index (χ3v) is 10.0. The van der Waals surface area contributed by atoms with Crippen molar-refractivity contribution in [2.24, 2.45) is 29.6 Å². The minimum absolute atomic E-state index is 0.0573. The zero-order valence-corrected chi connectivity index (χ0v) is 32.9. The summed E-state index contributed by atoms with van der Waals surface area (Å²) in [6, 6.07) is 5.61. The van der Waals surface area contributed by atoms with E-state index in [-0.39, 0.29) is 6.42 Å². The Morgan fingerprint density at radius 1 is 0.529 bits per heavy atom. The summed E-state index contributed by atoms with van der Waals surface area (Å²) in [6.45, 7) is 17.7. The molecule has 51 heavy (non-hydrogen) atoms. The fraction of sp³-hybridized carbons (Fsp3) is 0.692. The predicted octanol–water partition coefficient (Wildman–Crippen LogP) is 4.52. The van der Waals surface area contributed by atoms with Crippen LogP contribution in [0.2, 0.25) is 0 Å². The Hall–Kier alpha value is -3.96. The van der Waals surface area contributed by atoms with Crippen molar-refractivity contribution >= 4 is 35.6 Å². The van der Waals surface area contributed by atoms with Crippen LogP contribution in [-0.4, -0.2) is 108 Å². The van der Waals surface area contributed by atoms with E-state index in [2.05, 4.69) is 0 Å². The summed E-state index contributed by atoms with van der Waals surface area (Å²) < 4.78 is 17.9. The van der Waals surface area contributed by atoms with E-state index in [1.807, 2.05) is 44.2 Å². The molecule has 1 fully saturated rings. The zero-order valence-electron chi connectivity index (χ0n) is 32.9. The topological polar surface area (TPSA) is 140 Å². The fourth-order valence-electron chi connectivity index (χ4n) is 6.31. The highest BCUT2D eigenvalue weighted by Crippen LogP contribution is 2.26. The van der Waals surface area contributed by atoms with E-state index in [1.54, 1.807) is 55.4 Å². The molecule has 1 saturated heterocycles. The first kappa shape index (κ1) is 43.2. The van der Waals surface area contributed by atoms with Gasteiger partial charge in [-0.05, 0) is 36.2 Å². The zero-order chi connectivity index (χ0) is 38.9. The summed E-state index contributed by atoms with van der Waals surface area (Å²) >= 11 is 0. The smallest absolute Gasteiger partial charge is 0.329 e. The van der Waals surface area contributed by atoms with Crippen LogP contribution in [0.1, 0.15) is 87.6 Å². The van der Waals surface area contributed by atoms with Gasteiger partial charge in [0.25, 0.3) is 17.7 Å². The minimum atomic E-state index is -1.31. The monoisotopic (exact) mass is 715 g/mol. The lowest BCUT2D eigenvalue weighted by molar-refractivity contribution is -0.181. The Kier molecular flexibility index (Phi) is 16.1. The Morgan fingerprint density at radius 3 is 1.27 bits per heavy atom. The maximum Gasteiger partial charge on any atom is 0.329 e. The van der Waals surface area contributed by atoms with Crippen LogP contribution in [0.3, 0.4) is 0 Å². The third kappa shape index (κ3) is 10.5. The van der Waals surface area contributed by atoms with Crippen LogP contribution in [0.25, 0.3) is 0 Å². The van der Waals surface area contributed by atoms with Gasteiger partial charge in [-0.15, -0.1) is 0 Å². The Labute approximate surface area is 304 Å². The van der Waals surface area contributed by atoms with Gasteiger partial charge in [0.05, 0.1) is 0 Å². The maximum absolute atomic E-state index is 14.3. The number of nitrogens with zero attached hydrogens (tertiary/aromatic N) is 3. The average Bonchev–Trinajstić information content (AvgIpc) is 3.08. The van der Waals surface area contributed by atoms with Crippen LogP contribution in [0, 0.1) is 29.6 Å². The second kappa shape index (κ2) is 19.0. The third-order valence-electron chi connectivity index (χ3n) is 10.0. The number of carbonyl (C=O) groups is 6. The molecule has 0 radical (unpaired) electrons. The van der Waals surface area contributed by atoms with E-state index in [1.165, 1.54) is 35.8 Å². The number of likely N-dealkylation sites (N-methyl/N-ethyl adjacent to an activating group) is 3. The van der Waals surface area contributed by atoms with E-state index in [4.69, 9.17) is 14.2 Å². The molecule has 0 aliphatic carbocycles. The normalized spacial score (nSPS) is 26.5. The van der Waals surface area contributed by atoms with E-state index < -0.39 is 102 Å². The van der Waals surface area contributed by atoms with Gasteiger partial charge in [0.2, 0.25) is 0 Å². The summed E-state index contributed by atoms with van der Waals surface area (Å²) in [6.07, 6.45) is -2.90. The first-order valence-corrected chi connectivity index (χ1v) is 18.3. The van der Waals surface area contributed by atoms with E-state index in [0.717, 1.165) is 5.56 Å². The Bertz CT molecular complexity index is 1360. The largest absolute Gasteiger partial charge is 0.450 e. The van der Waals surface area contributed by atoms with Crippen LogP contribution in [0.5, 0.6) is 0 Å². The molecule has 1 heterocycles. The number of ether oxygens (including phenoxy) is 3. The molecule has 8 atom stereocenters. The van der Waals surface area contributed by atoms with Crippen molar-refractivity contribution in [3.05, 3.63) is 35.9 Å². The van der Waals surface area contributed by atoms with Crippen molar-refractivity contribution in [2.45, 2.75) is 125 Å². The van der Waals surface area contributed by atoms with Crippen LogP contribution >= 0.6 is 0 Å². The van der Waals surface area contributed by atoms with E-state index >= 15 is 0 Å². The number of esters is 3. The average molecular weight is 716 g/mol. The number of benzene rings is 1. The first-order chi connectivity index (χ1) is 23.8. The van der Waals surface area contributed by atoms with Crippen molar-refractivity contribution in [1.29, 1.82) is 0 Å². The molecule has 3 amide bonds. The lowest BCUT2D eigenvalue weighted by Crippen LogP contribution is -2.57. The number of carbonyl (C=O) groups excluding carboxylic acids is 6. The second-order valence-corrected chi connectivity index (χ2v) is 15.0. The molecule has 0 unspecified atom stereocenters. The Balaban J connectivity index is 2.85. The lowest BCUT2D eigenvalue weighted by Gasteiger charge is -2.38. The van der Waals surface area contributed by atoms with Crippen molar-refractivity contribution in [1.82, 2.24) is 14.7 Å². The molecule has 1 aromatic rings. The predicted molar refractivity (Wildman–Crippen MR) is 193 cm³/mol. The first-order valence-electron chi connectivity index (χ1n) is 18.3. The van der Waals surface area contributed by atoms with Gasteiger partial charge in [0.15, 0.2) is 18.3 Å². The van der Waals surface area contributed by atoms with Crippen LogP contribution < -0.4 is 0 Å². The highest BCUT2D eigenvalue weighted by Gasteiger charge is 2.45. The van der Waals surface area contributed by atoms with Crippen molar-refractivity contribution < 1.29 is 43.0 Å². The molecule has 0 saturated carbocycles. The molecule has 12 nitrogen and oxygen atoms in total.